The van der Waals surface area contributed by atoms with Gasteiger partial charge in [0.25, 0.3) is 0 Å². The minimum Gasteiger partial charge on any atom is -0.207 e. The van der Waals surface area contributed by atoms with Crippen molar-refractivity contribution < 1.29 is 30.7 Å². The molecule has 0 heterocycles. The SMILES string of the molecule is CCc1cc(F)c(C2CCc3c(cc(F)c(-c4cc(F)c(F)c(F)c4)c3F)C2)c(F)c1. The summed E-state index contributed by atoms with van der Waals surface area (Å²) in [4.78, 5) is 0. The molecule has 1 atom stereocenters. The maximum absolute atomic E-state index is 15.1. The lowest BCUT2D eigenvalue weighted by molar-refractivity contribution is 0.447. The first-order valence-electron chi connectivity index (χ1n) is 9.83. The number of halogens is 7. The Morgan fingerprint density at radius 3 is 1.94 bits per heavy atom. The van der Waals surface area contributed by atoms with E-state index in [0.29, 0.717) is 24.1 Å². The molecule has 0 fully saturated rings. The molecule has 0 saturated heterocycles. The Hall–Kier alpha value is -2.83. The van der Waals surface area contributed by atoms with E-state index in [2.05, 4.69) is 0 Å². The van der Waals surface area contributed by atoms with Gasteiger partial charge in [-0.2, -0.15) is 0 Å². The lowest BCUT2D eigenvalue weighted by Crippen LogP contribution is -2.18. The van der Waals surface area contributed by atoms with Gasteiger partial charge in [0.05, 0.1) is 5.56 Å². The van der Waals surface area contributed by atoms with Crippen molar-refractivity contribution in [3.8, 4) is 11.1 Å². The first kappa shape index (κ1) is 21.4. The molecule has 1 aliphatic rings. The zero-order chi connectivity index (χ0) is 22.4. The predicted molar refractivity (Wildman–Crippen MR) is 102 cm³/mol. The second-order valence-electron chi connectivity index (χ2n) is 7.71. The van der Waals surface area contributed by atoms with E-state index >= 15 is 4.39 Å². The summed E-state index contributed by atoms with van der Waals surface area (Å²) in [6.07, 6.45) is 0.737. The van der Waals surface area contributed by atoms with Crippen LogP contribution in [0, 0.1) is 40.7 Å². The van der Waals surface area contributed by atoms with E-state index in [1.54, 1.807) is 6.92 Å². The Morgan fingerprint density at radius 2 is 1.35 bits per heavy atom. The van der Waals surface area contributed by atoms with Gasteiger partial charge in [0, 0.05) is 5.56 Å². The number of hydrogen-bond donors (Lipinski definition) is 0. The van der Waals surface area contributed by atoms with Gasteiger partial charge in [-0.05, 0) is 84.2 Å². The summed E-state index contributed by atoms with van der Waals surface area (Å²) in [7, 11) is 0. The average Bonchev–Trinajstić information content (AvgIpc) is 2.71. The van der Waals surface area contributed by atoms with E-state index < -0.39 is 57.8 Å². The molecule has 7 heteroatoms. The van der Waals surface area contributed by atoms with Crippen LogP contribution in [0.1, 0.15) is 41.5 Å². The molecule has 0 spiro atoms. The zero-order valence-corrected chi connectivity index (χ0v) is 16.4. The molecule has 0 aromatic heterocycles. The molecule has 31 heavy (non-hydrogen) atoms. The average molecular weight is 438 g/mol. The molecule has 162 valence electrons. The first-order valence-corrected chi connectivity index (χ1v) is 9.83. The van der Waals surface area contributed by atoms with Gasteiger partial charge >= 0.3 is 0 Å². The van der Waals surface area contributed by atoms with E-state index in [9.17, 15) is 26.3 Å². The highest BCUT2D eigenvalue weighted by atomic mass is 19.2. The molecule has 3 aromatic carbocycles. The molecule has 4 rings (SSSR count). The van der Waals surface area contributed by atoms with Gasteiger partial charge < -0.3 is 0 Å². The number of rotatable bonds is 3. The third kappa shape index (κ3) is 3.70. The Kier molecular flexibility index (Phi) is 5.54. The third-order valence-electron chi connectivity index (χ3n) is 5.85. The van der Waals surface area contributed by atoms with Gasteiger partial charge in [0.1, 0.15) is 23.3 Å². The van der Waals surface area contributed by atoms with E-state index in [4.69, 9.17) is 0 Å². The summed E-state index contributed by atoms with van der Waals surface area (Å²) >= 11 is 0. The minimum atomic E-state index is -1.73. The van der Waals surface area contributed by atoms with Crippen molar-refractivity contribution in [2.75, 3.05) is 0 Å². The van der Waals surface area contributed by atoms with Crippen LogP contribution in [0.25, 0.3) is 11.1 Å². The van der Waals surface area contributed by atoms with Crippen molar-refractivity contribution in [2.24, 2.45) is 0 Å². The standard InChI is InChI=1S/C24H17F7/c1-2-11-5-16(25)21(17(26)6-11)12-3-4-15-13(7-12)8-18(27)22(23(15)30)14-9-19(28)24(31)20(29)10-14/h5-6,8-10,12H,2-4,7H2,1H3. The number of fused-ring (bicyclic) bond motifs is 1. The van der Waals surface area contributed by atoms with Gasteiger partial charge in [0.2, 0.25) is 0 Å². The Balaban J connectivity index is 1.75. The van der Waals surface area contributed by atoms with Crippen LogP contribution < -0.4 is 0 Å². The minimum absolute atomic E-state index is 0.00883. The van der Waals surface area contributed by atoms with Crippen LogP contribution in [-0.4, -0.2) is 0 Å². The first-order chi connectivity index (χ1) is 14.7. The molecule has 0 radical (unpaired) electrons. The van der Waals surface area contributed by atoms with Crippen LogP contribution in [0.5, 0.6) is 0 Å². The van der Waals surface area contributed by atoms with E-state index in [0.717, 1.165) is 6.07 Å². The lowest BCUT2D eigenvalue weighted by Gasteiger charge is -2.27. The summed E-state index contributed by atoms with van der Waals surface area (Å²) in [5.74, 6) is -8.96. The van der Waals surface area contributed by atoms with Crippen molar-refractivity contribution in [3.63, 3.8) is 0 Å². The molecule has 3 aromatic rings. The second-order valence-corrected chi connectivity index (χ2v) is 7.71. The molecule has 0 saturated carbocycles. The fourth-order valence-corrected chi connectivity index (χ4v) is 4.29. The Labute approximate surface area is 174 Å². The Morgan fingerprint density at radius 1 is 0.742 bits per heavy atom. The van der Waals surface area contributed by atoms with Crippen molar-refractivity contribution >= 4 is 0 Å². The molecule has 0 aliphatic heterocycles. The summed E-state index contributed by atoms with van der Waals surface area (Å²) in [5.41, 5.74) is -0.394. The second kappa shape index (κ2) is 8.02. The summed E-state index contributed by atoms with van der Waals surface area (Å²) < 4.78 is 99.3. The van der Waals surface area contributed by atoms with Gasteiger partial charge in [-0.15, -0.1) is 0 Å². The fourth-order valence-electron chi connectivity index (χ4n) is 4.29. The lowest BCUT2D eigenvalue weighted by atomic mass is 9.78. The quantitative estimate of drug-likeness (QED) is 0.301. The molecule has 0 bridgehead atoms. The number of aryl methyl sites for hydroxylation is 1. The maximum Gasteiger partial charge on any atom is 0.194 e. The van der Waals surface area contributed by atoms with Crippen LogP contribution >= 0.6 is 0 Å². The fraction of sp³-hybridized carbons (Fsp3) is 0.250. The summed E-state index contributed by atoms with van der Waals surface area (Å²) in [6.45, 7) is 1.77. The largest absolute Gasteiger partial charge is 0.207 e. The third-order valence-corrected chi connectivity index (χ3v) is 5.85. The predicted octanol–water partition coefficient (Wildman–Crippen LogP) is 7.16. The van der Waals surface area contributed by atoms with Crippen molar-refractivity contribution in [2.45, 2.75) is 38.5 Å². The molecular formula is C24H17F7. The van der Waals surface area contributed by atoms with E-state index in [1.807, 2.05) is 0 Å². The monoisotopic (exact) mass is 438 g/mol. The molecule has 0 amide bonds. The smallest absolute Gasteiger partial charge is 0.194 e. The highest BCUT2D eigenvalue weighted by Gasteiger charge is 2.30. The molecule has 0 N–H and O–H groups in total. The number of benzene rings is 3. The Bertz CT molecular complexity index is 1140. The van der Waals surface area contributed by atoms with Gasteiger partial charge in [-0.25, -0.2) is 30.7 Å². The number of hydrogen-bond acceptors (Lipinski definition) is 0. The topological polar surface area (TPSA) is 0 Å². The van der Waals surface area contributed by atoms with Crippen molar-refractivity contribution in [1.29, 1.82) is 0 Å². The van der Waals surface area contributed by atoms with Crippen LogP contribution in [0.4, 0.5) is 30.7 Å². The van der Waals surface area contributed by atoms with E-state index in [1.165, 1.54) is 12.1 Å². The maximum atomic E-state index is 15.1. The zero-order valence-electron chi connectivity index (χ0n) is 16.4. The van der Waals surface area contributed by atoms with Crippen molar-refractivity contribution in [3.05, 3.63) is 93.3 Å². The summed E-state index contributed by atoms with van der Waals surface area (Å²) in [5, 5.41) is 0. The molecular weight excluding hydrogens is 421 g/mol. The molecule has 1 aliphatic carbocycles. The highest BCUT2D eigenvalue weighted by molar-refractivity contribution is 5.67. The van der Waals surface area contributed by atoms with Crippen LogP contribution in [-0.2, 0) is 19.3 Å². The molecule has 0 nitrogen and oxygen atoms in total. The molecule has 1 unspecified atom stereocenters. The van der Waals surface area contributed by atoms with Gasteiger partial charge in [-0.1, -0.05) is 6.92 Å². The normalized spacial score (nSPS) is 15.8. The highest BCUT2D eigenvalue weighted by Crippen LogP contribution is 2.40. The van der Waals surface area contributed by atoms with Crippen molar-refractivity contribution in [1.82, 2.24) is 0 Å². The van der Waals surface area contributed by atoms with E-state index in [-0.39, 0.29) is 36.0 Å². The summed E-state index contributed by atoms with van der Waals surface area (Å²) in [6, 6.07) is 4.58. The van der Waals surface area contributed by atoms with Gasteiger partial charge in [-0.3, -0.25) is 0 Å². The van der Waals surface area contributed by atoms with Crippen LogP contribution in [0.2, 0.25) is 0 Å². The van der Waals surface area contributed by atoms with Crippen LogP contribution in [0.3, 0.4) is 0 Å². The van der Waals surface area contributed by atoms with Gasteiger partial charge in [0.15, 0.2) is 17.5 Å². The van der Waals surface area contributed by atoms with Crippen LogP contribution in [0.15, 0.2) is 30.3 Å².